The minimum atomic E-state index is -0.574. The molecule has 5 heteroatoms. The third-order valence-corrected chi connectivity index (χ3v) is 3.05. The zero-order valence-corrected chi connectivity index (χ0v) is 10.7. The van der Waals surface area contributed by atoms with Crippen LogP contribution in [-0.4, -0.2) is 29.2 Å². The number of hydrogen-bond acceptors (Lipinski definition) is 5. The van der Waals surface area contributed by atoms with Gasteiger partial charge in [-0.2, -0.15) is 0 Å². The van der Waals surface area contributed by atoms with Gasteiger partial charge in [-0.3, -0.25) is 0 Å². The summed E-state index contributed by atoms with van der Waals surface area (Å²) in [5, 5.41) is 11.7. The molecule has 0 aromatic heterocycles. The molecular weight excluding hydrogens is 238 g/mol. The summed E-state index contributed by atoms with van der Waals surface area (Å²) in [5.74, 6) is -0.284. The van der Waals surface area contributed by atoms with Crippen LogP contribution < -0.4 is 0 Å². The zero-order chi connectivity index (χ0) is 12.7. The predicted octanol–water partition coefficient (Wildman–Crippen LogP) is 2.48. The first kappa shape index (κ1) is 13.6. The summed E-state index contributed by atoms with van der Waals surface area (Å²) in [5.41, 5.74) is 1.20. The van der Waals surface area contributed by atoms with Crippen LogP contribution in [0.2, 0.25) is 0 Å². The van der Waals surface area contributed by atoms with Gasteiger partial charge in [0, 0.05) is 4.90 Å². The Morgan fingerprint density at radius 1 is 1.41 bits per heavy atom. The topological polar surface area (TPSA) is 58.9 Å². The molecule has 0 amide bonds. The number of rotatable bonds is 5. The first-order valence-electron chi connectivity index (χ1n) is 5.25. The van der Waals surface area contributed by atoms with Crippen molar-refractivity contribution in [3.63, 3.8) is 0 Å². The highest BCUT2D eigenvalue weighted by molar-refractivity contribution is 8.00. The Hall–Kier alpha value is -1.49. The zero-order valence-electron chi connectivity index (χ0n) is 9.84. The van der Waals surface area contributed by atoms with E-state index in [-0.39, 0.29) is 12.3 Å². The van der Waals surface area contributed by atoms with E-state index in [0.29, 0.717) is 5.75 Å². The van der Waals surface area contributed by atoms with E-state index in [0.717, 1.165) is 4.90 Å². The van der Waals surface area contributed by atoms with E-state index in [1.54, 1.807) is 6.92 Å². The molecule has 0 spiro atoms. The maximum atomic E-state index is 11.3. The van der Waals surface area contributed by atoms with Crippen molar-refractivity contribution in [2.24, 2.45) is 5.16 Å². The first-order chi connectivity index (χ1) is 8.17. The molecule has 0 unspecified atom stereocenters. The number of benzene rings is 1. The van der Waals surface area contributed by atoms with E-state index in [4.69, 9.17) is 9.94 Å². The molecule has 0 fully saturated rings. The van der Waals surface area contributed by atoms with Gasteiger partial charge in [-0.1, -0.05) is 22.9 Å². The van der Waals surface area contributed by atoms with E-state index in [1.807, 2.05) is 31.2 Å². The van der Waals surface area contributed by atoms with Gasteiger partial charge in [-0.05, 0) is 26.0 Å². The lowest BCUT2D eigenvalue weighted by atomic mass is 10.2. The Bertz CT molecular complexity index is 401. The lowest BCUT2D eigenvalue weighted by Gasteiger charge is -2.04. The van der Waals surface area contributed by atoms with Crippen molar-refractivity contribution in [3.05, 3.63) is 29.8 Å². The van der Waals surface area contributed by atoms with Crippen LogP contribution in [0, 0.1) is 6.92 Å². The maximum absolute atomic E-state index is 11.3. The largest absolute Gasteiger partial charge is 0.461 e. The predicted molar refractivity (Wildman–Crippen MR) is 67.8 cm³/mol. The van der Waals surface area contributed by atoms with Crippen LogP contribution in [0.15, 0.2) is 34.3 Å². The molecule has 0 aliphatic carbocycles. The van der Waals surface area contributed by atoms with Crippen molar-refractivity contribution >= 4 is 23.4 Å². The van der Waals surface area contributed by atoms with Gasteiger partial charge in [0.25, 0.3) is 0 Å². The number of carbonyl (C=O) groups is 1. The van der Waals surface area contributed by atoms with Gasteiger partial charge in [0.2, 0.25) is 0 Å². The molecule has 0 heterocycles. The van der Waals surface area contributed by atoms with Gasteiger partial charge < -0.3 is 9.94 Å². The maximum Gasteiger partial charge on any atom is 0.356 e. The highest BCUT2D eigenvalue weighted by atomic mass is 32.2. The van der Waals surface area contributed by atoms with Gasteiger partial charge in [0.1, 0.15) is 0 Å². The first-order valence-corrected chi connectivity index (χ1v) is 6.23. The number of nitrogens with zero attached hydrogens (tertiary/aromatic N) is 1. The molecule has 1 rings (SSSR count). The molecule has 1 aromatic rings. The van der Waals surface area contributed by atoms with E-state index >= 15 is 0 Å². The normalized spacial score (nSPS) is 11.3. The van der Waals surface area contributed by atoms with Gasteiger partial charge in [0.15, 0.2) is 5.71 Å². The number of esters is 1. The number of oxime groups is 1. The lowest BCUT2D eigenvalue weighted by molar-refractivity contribution is -0.135. The van der Waals surface area contributed by atoms with Crippen molar-refractivity contribution in [2.45, 2.75) is 18.7 Å². The summed E-state index contributed by atoms with van der Waals surface area (Å²) in [7, 11) is 0. The summed E-state index contributed by atoms with van der Waals surface area (Å²) in [6.07, 6.45) is 0. The van der Waals surface area contributed by atoms with Crippen LogP contribution in [0.5, 0.6) is 0 Å². The lowest BCUT2D eigenvalue weighted by Crippen LogP contribution is -2.19. The van der Waals surface area contributed by atoms with E-state index in [9.17, 15) is 4.79 Å². The average Bonchev–Trinajstić information content (AvgIpc) is 2.32. The Labute approximate surface area is 105 Å². The molecule has 0 aliphatic rings. The standard InChI is InChI=1S/C12H15NO3S/c1-3-16-12(14)11(13-15)8-17-10-6-4-9(2)5-7-10/h4-7,15H,3,8H2,1-2H3. The van der Waals surface area contributed by atoms with Crippen LogP contribution in [0.4, 0.5) is 0 Å². The Kier molecular flexibility index (Phi) is 5.56. The molecule has 1 N–H and O–H groups in total. The van der Waals surface area contributed by atoms with Crippen LogP contribution in [0.25, 0.3) is 0 Å². The van der Waals surface area contributed by atoms with Crippen LogP contribution in [0.3, 0.4) is 0 Å². The van der Waals surface area contributed by atoms with E-state index in [2.05, 4.69) is 5.16 Å². The minimum Gasteiger partial charge on any atom is -0.461 e. The number of hydrogen-bond donors (Lipinski definition) is 1. The summed E-state index contributed by atoms with van der Waals surface area (Å²) < 4.78 is 4.76. The molecule has 0 radical (unpaired) electrons. The van der Waals surface area contributed by atoms with Gasteiger partial charge >= 0.3 is 5.97 Å². The summed E-state index contributed by atoms with van der Waals surface area (Å²) >= 11 is 1.42. The van der Waals surface area contributed by atoms with Gasteiger partial charge in [-0.15, -0.1) is 11.8 Å². The number of carbonyl (C=O) groups excluding carboxylic acids is 1. The van der Waals surface area contributed by atoms with Crippen LogP contribution >= 0.6 is 11.8 Å². The Morgan fingerprint density at radius 2 is 2.06 bits per heavy atom. The summed E-state index contributed by atoms with van der Waals surface area (Å²) in [4.78, 5) is 12.3. The molecule has 0 bridgehead atoms. The summed E-state index contributed by atoms with van der Waals surface area (Å²) in [6, 6.07) is 7.89. The summed E-state index contributed by atoms with van der Waals surface area (Å²) in [6.45, 7) is 3.99. The number of aryl methyl sites for hydroxylation is 1. The molecule has 0 saturated carbocycles. The quantitative estimate of drug-likeness (QED) is 0.288. The molecule has 0 atom stereocenters. The Morgan fingerprint density at radius 3 is 2.59 bits per heavy atom. The van der Waals surface area contributed by atoms with Gasteiger partial charge in [-0.25, -0.2) is 4.79 Å². The van der Waals surface area contributed by atoms with Crippen LogP contribution in [0.1, 0.15) is 12.5 Å². The SMILES string of the molecule is CCOC(=O)C(CSc1ccc(C)cc1)=NO. The van der Waals surface area contributed by atoms with Crippen molar-refractivity contribution in [2.75, 3.05) is 12.4 Å². The molecule has 1 aromatic carbocycles. The monoisotopic (exact) mass is 253 g/mol. The van der Waals surface area contributed by atoms with Crippen molar-refractivity contribution in [3.8, 4) is 0 Å². The fourth-order valence-electron chi connectivity index (χ4n) is 1.13. The third-order valence-electron chi connectivity index (χ3n) is 2.03. The highest BCUT2D eigenvalue weighted by Gasteiger charge is 2.13. The fraction of sp³-hybridized carbons (Fsp3) is 0.333. The average molecular weight is 253 g/mol. The third kappa shape index (κ3) is 4.48. The molecule has 0 saturated heterocycles. The molecular formula is C12H15NO3S. The second kappa shape index (κ2) is 6.96. The van der Waals surface area contributed by atoms with Crippen molar-refractivity contribution in [1.82, 2.24) is 0 Å². The minimum absolute atomic E-state index is 0.0254. The second-order valence-electron chi connectivity index (χ2n) is 3.37. The molecule has 92 valence electrons. The number of ether oxygens (including phenoxy) is 1. The van der Waals surface area contributed by atoms with Crippen molar-refractivity contribution < 1.29 is 14.7 Å². The highest BCUT2D eigenvalue weighted by Crippen LogP contribution is 2.18. The molecule has 0 aliphatic heterocycles. The smallest absolute Gasteiger partial charge is 0.356 e. The Balaban J connectivity index is 2.54. The fourth-order valence-corrected chi connectivity index (χ4v) is 1.94. The number of thioether (sulfide) groups is 1. The molecule has 4 nitrogen and oxygen atoms in total. The second-order valence-corrected chi connectivity index (χ2v) is 4.42. The van der Waals surface area contributed by atoms with Crippen LogP contribution in [-0.2, 0) is 9.53 Å². The van der Waals surface area contributed by atoms with Crippen molar-refractivity contribution in [1.29, 1.82) is 0 Å². The van der Waals surface area contributed by atoms with E-state index in [1.165, 1.54) is 17.3 Å². The van der Waals surface area contributed by atoms with Gasteiger partial charge in [0.05, 0.1) is 12.4 Å². The van der Waals surface area contributed by atoms with E-state index < -0.39 is 5.97 Å². The molecule has 17 heavy (non-hydrogen) atoms.